The Balaban J connectivity index is 1.68. The minimum absolute atomic E-state index is 0.173. The lowest BCUT2D eigenvalue weighted by atomic mass is 9.90. The summed E-state index contributed by atoms with van der Waals surface area (Å²) in [4.78, 5) is 6.91. The van der Waals surface area contributed by atoms with Crippen molar-refractivity contribution in [2.45, 2.75) is 26.1 Å². The van der Waals surface area contributed by atoms with Crippen LogP contribution in [0.15, 0.2) is 29.6 Å². The van der Waals surface area contributed by atoms with Gasteiger partial charge in [-0.2, -0.15) is 13.2 Å². The van der Waals surface area contributed by atoms with Crippen LogP contribution in [-0.4, -0.2) is 29.5 Å². The van der Waals surface area contributed by atoms with E-state index in [2.05, 4.69) is 16.8 Å². The Morgan fingerprint density at radius 1 is 1.29 bits per heavy atom. The van der Waals surface area contributed by atoms with Crippen molar-refractivity contribution in [2.24, 2.45) is 11.1 Å². The van der Waals surface area contributed by atoms with Crippen LogP contribution in [0, 0.1) is 5.41 Å². The van der Waals surface area contributed by atoms with Gasteiger partial charge in [-0.15, -0.1) is 11.3 Å². The van der Waals surface area contributed by atoms with Gasteiger partial charge >= 0.3 is 6.18 Å². The largest absolute Gasteiger partial charge is 0.416 e. The molecule has 2 aromatic rings. The van der Waals surface area contributed by atoms with Gasteiger partial charge in [-0.05, 0) is 37.1 Å². The van der Waals surface area contributed by atoms with E-state index in [0.717, 1.165) is 48.9 Å². The molecule has 1 atom stereocenters. The maximum absolute atomic E-state index is 12.6. The zero-order chi connectivity index (χ0) is 17.4. The third kappa shape index (κ3) is 3.79. The van der Waals surface area contributed by atoms with Crippen molar-refractivity contribution < 1.29 is 13.2 Å². The second-order valence-electron chi connectivity index (χ2n) is 6.69. The average molecular weight is 355 g/mol. The number of hydrogen-bond acceptors (Lipinski definition) is 4. The molecule has 1 aliphatic rings. The number of halogens is 3. The molecule has 1 unspecified atom stereocenters. The van der Waals surface area contributed by atoms with Crippen LogP contribution >= 0.6 is 11.3 Å². The van der Waals surface area contributed by atoms with E-state index in [9.17, 15) is 13.2 Å². The van der Waals surface area contributed by atoms with Crippen LogP contribution in [0.5, 0.6) is 0 Å². The van der Waals surface area contributed by atoms with E-state index in [1.807, 2.05) is 5.38 Å². The Morgan fingerprint density at radius 2 is 2.00 bits per heavy atom. The summed E-state index contributed by atoms with van der Waals surface area (Å²) in [7, 11) is 0. The van der Waals surface area contributed by atoms with Crippen LogP contribution in [0.2, 0.25) is 0 Å². The van der Waals surface area contributed by atoms with Crippen LogP contribution in [0.25, 0.3) is 10.6 Å². The summed E-state index contributed by atoms with van der Waals surface area (Å²) in [6.45, 7) is 5.59. The normalized spacial score (nSPS) is 22.2. The minimum atomic E-state index is -4.31. The monoisotopic (exact) mass is 355 g/mol. The number of alkyl halides is 3. The van der Waals surface area contributed by atoms with Gasteiger partial charge < -0.3 is 5.73 Å². The first-order valence-corrected chi connectivity index (χ1v) is 8.71. The molecule has 1 aromatic heterocycles. The standard InChI is InChI=1S/C17H20F3N3S/c1-16(10-21)6-7-23(11-16)8-14-9-24-15(22-14)12-2-4-13(5-3-12)17(18,19)20/h2-5,9H,6-8,10-11,21H2,1H3. The smallest absolute Gasteiger partial charge is 0.330 e. The predicted molar refractivity (Wildman–Crippen MR) is 89.6 cm³/mol. The molecule has 0 saturated carbocycles. The Morgan fingerprint density at radius 3 is 2.58 bits per heavy atom. The van der Waals surface area contributed by atoms with E-state index >= 15 is 0 Å². The molecule has 3 rings (SSSR count). The quantitative estimate of drug-likeness (QED) is 0.901. The van der Waals surface area contributed by atoms with Crippen LogP contribution in [0.4, 0.5) is 13.2 Å². The van der Waals surface area contributed by atoms with Gasteiger partial charge in [-0.3, -0.25) is 4.90 Å². The summed E-state index contributed by atoms with van der Waals surface area (Å²) in [6.07, 6.45) is -3.22. The summed E-state index contributed by atoms with van der Waals surface area (Å²) in [6, 6.07) is 5.16. The van der Waals surface area contributed by atoms with Crippen molar-refractivity contribution >= 4 is 11.3 Å². The van der Waals surface area contributed by atoms with Crippen LogP contribution in [0.3, 0.4) is 0 Å². The molecule has 130 valence electrons. The van der Waals surface area contributed by atoms with Crippen molar-refractivity contribution in [2.75, 3.05) is 19.6 Å². The minimum Gasteiger partial charge on any atom is -0.330 e. The lowest BCUT2D eigenvalue weighted by molar-refractivity contribution is -0.137. The molecule has 3 nitrogen and oxygen atoms in total. The maximum atomic E-state index is 12.6. The van der Waals surface area contributed by atoms with Crippen LogP contribution in [-0.2, 0) is 12.7 Å². The topological polar surface area (TPSA) is 42.1 Å². The lowest BCUT2D eigenvalue weighted by Gasteiger charge is -2.22. The molecular formula is C17H20F3N3S. The molecular weight excluding hydrogens is 335 g/mol. The predicted octanol–water partition coefficient (Wildman–Crippen LogP) is 4.00. The van der Waals surface area contributed by atoms with Gasteiger partial charge in [0.15, 0.2) is 0 Å². The first-order chi connectivity index (χ1) is 11.3. The zero-order valence-corrected chi connectivity index (χ0v) is 14.3. The molecule has 0 bridgehead atoms. The highest BCUT2D eigenvalue weighted by atomic mass is 32.1. The molecule has 0 amide bonds. The van der Waals surface area contributed by atoms with Gasteiger partial charge in [-0.1, -0.05) is 19.1 Å². The first-order valence-electron chi connectivity index (χ1n) is 7.84. The number of nitrogens with two attached hydrogens (primary N) is 1. The number of nitrogens with zero attached hydrogens (tertiary/aromatic N) is 2. The number of thiazole rings is 1. The molecule has 0 radical (unpaired) electrons. The molecule has 1 saturated heterocycles. The molecule has 24 heavy (non-hydrogen) atoms. The summed E-state index contributed by atoms with van der Waals surface area (Å²) < 4.78 is 37.9. The van der Waals surface area contributed by atoms with Crippen molar-refractivity contribution in [3.05, 3.63) is 40.9 Å². The number of aromatic nitrogens is 1. The van der Waals surface area contributed by atoms with E-state index in [1.165, 1.54) is 23.5 Å². The van der Waals surface area contributed by atoms with Crippen LogP contribution < -0.4 is 5.73 Å². The Hall–Kier alpha value is -1.44. The average Bonchev–Trinajstić information content (AvgIpc) is 3.15. The highest BCUT2D eigenvalue weighted by Gasteiger charge is 2.32. The molecule has 7 heteroatoms. The fourth-order valence-corrected chi connectivity index (χ4v) is 3.79. The maximum Gasteiger partial charge on any atom is 0.416 e. The summed E-state index contributed by atoms with van der Waals surface area (Å²) >= 11 is 1.46. The number of hydrogen-bond donors (Lipinski definition) is 1. The van der Waals surface area contributed by atoms with Gasteiger partial charge in [0.2, 0.25) is 0 Å². The third-order valence-electron chi connectivity index (χ3n) is 4.53. The highest BCUT2D eigenvalue weighted by molar-refractivity contribution is 7.13. The summed E-state index contributed by atoms with van der Waals surface area (Å²) in [5.41, 5.74) is 7.03. The second kappa shape index (κ2) is 6.46. The van der Waals surface area contributed by atoms with E-state index in [1.54, 1.807) is 0 Å². The van der Waals surface area contributed by atoms with Gasteiger partial charge in [-0.25, -0.2) is 4.98 Å². The van der Waals surface area contributed by atoms with Gasteiger partial charge in [0.1, 0.15) is 5.01 Å². The van der Waals surface area contributed by atoms with Gasteiger partial charge in [0, 0.05) is 24.0 Å². The lowest BCUT2D eigenvalue weighted by Crippen LogP contribution is -2.31. The van der Waals surface area contributed by atoms with Crippen molar-refractivity contribution in [3.63, 3.8) is 0 Å². The fourth-order valence-electron chi connectivity index (χ4n) is 2.97. The Bertz CT molecular complexity index is 696. The second-order valence-corrected chi connectivity index (χ2v) is 7.55. The van der Waals surface area contributed by atoms with E-state index in [0.29, 0.717) is 12.1 Å². The molecule has 2 heterocycles. The molecule has 2 N–H and O–H groups in total. The molecule has 0 spiro atoms. The summed E-state index contributed by atoms with van der Waals surface area (Å²) in [5.74, 6) is 0. The van der Waals surface area contributed by atoms with E-state index in [-0.39, 0.29) is 5.41 Å². The molecule has 1 aliphatic heterocycles. The highest BCUT2D eigenvalue weighted by Crippen LogP contribution is 2.33. The Kier molecular flexibility index (Phi) is 4.68. The fraction of sp³-hybridized carbons (Fsp3) is 0.471. The van der Waals surface area contributed by atoms with Gasteiger partial charge in [0.25, 0.3) is 0 Å². The molecule has 0 aliphatic carbocycles. The van der Waals surface area contributed by atoms with Crippen LogP contribution in [0.1, 0.15) is 24.6 Å². The zero-order valence-electron chi connectivity index (χ0n) is 13.4. The van der Waals surface area contributed by atoms with E-state index < -0.39 is 11.7 Å². The number of rotatable bonds is 4. The Labute approximate surface area is 143 Å². The van der Waals surface area contributed by atoms with Crippen molar-refractivity contribution in [1.29, 1.82) is 0 Å². The van der Waals surface area contributed by atoms with Crippen molar-refractivity contribution in [3.8, 4) is 10.6 Å². The first kappa shape index (κ1) is 17.4. The number of likely N-dealkylation sites (tertiary alicyclic amines) is 1. The molecule has 1 aromatic carbocycles. The van der Waals surface area contributed by atoms with Gasteiger partial charge in [0.05, 0.1) is 11.3 Å². The summed E-state index contributed by atoms with van der Waals surface area (Å²) in [5, 5.41) is 2.73. The third-order valence-corrected chi connectivity index (χ3v) is 5.47. The SMILES string of the molecule is CC1(CN)CCN(Cc2csc(-c3ccc(C(F)(F)F)cc3)n2)C1. The van der Waals surface area contributed by atoms with Crippen molar-refractivity contribution in [1.82, 2.24) is 9.88 Å². The number of benzene rings is 1. The molecule has 1 fully saturated rings. The van der Waals surface area contributed by atoms with E-state index in [4.69, 9.17) is 5.73 Å².